The van der Waals surface area contributed by atoms with Gasteiger partial charge in [0.1, 0.15) is 0 Å². The lowest BCUT2D eigenvalue weighted by Gasteiger charge is -2.36. The zero-order valence-corrected chi connectivity index (χ0v) is 14.7. The Morgan fingerprint density at radius 2 is 1.88 bits per heavy atom. The van der Waals surface area contributed by atoms with Crippen molar-refractivity contribution in [1.29, 1.82) is 0 Å². The number of carboxylic acids is 1. The van der Waals surface area contributed by atoms with Gasteiger partial charge in [-0.05, 0) is 37.0 Å². The summed E-state index contributed by atoms with van der Waals surface area (Å²) in [4.78, 5) is 37.3. The zero-order valence-electron chi connectivity index (χ0n) is 14.7. The predicted molar refractivity (Wildman–Crippen MR) is 93.6 cm³/mol. The molecule has 2 aliphatic rings. The average Bonchev–Trinajstić information content (AvgIpc) is 3.00. The first-order chi connectivity index (χ1) is 12.5. The number of carbonyl (C=O) groups is 3. The molecule has 0 bridgehead atoms. The van der Waals surface area contributed by atoms with Crippen molar-refractivity contribution in [2.75, 3.05) is 19.8 Å². The molecule has 2 fully saturated rings. The van der Waals surface area contributed by atoms with Gasteiger partial charge in [-0.3, -0.25) is 14.4 Å². The Morgan fingerprint density at radius 3 is 2.46 bits per heavy atom. The predicted octanol–water partition coefficient (Wildman–Crippen LogP) is 1.56. The van der Waals surface area contributed by atoms with E-state index >= 15 is 0 Å². The second-order valence-corrected chi connectivity index (χ2v) is 7.03. The van der Waals surface area contributed by atoms with Gasteiger partial charge >= 0.3 is 5.97 Å². The van der Waals surface area contributed by atoms with Gasteiger partial charge in [-0.2, -0.15) is 0 Å². The van der Waals surface area contributed by atoms with Gasteiger partial charge in [0.25, 0.3) is 5.91 Å². The second kappa shape index (κ2) is 7.86. The molecule has 3 rings (SSSR count). The van der Waals surface area contributed by atoms with Crippen molar-refractivity contribution < 1.29 is 24.2 Å². The number of likely N-dealkylation sites (tertiary alicyclic amines) is 1. The summed E-state index contributed by atoms with van der Waals surface area (Å²) in [6.07, 6.45) is 2.36. The van der Waals surface area contributed by atoms with Gasteiger partial charge in [-0.25, -0.2) is 0 Å². The van der Waals surface area contributed by atoms with Gasteiger partial charge in [0.15, 0.2) is 0 Å². The van der Waals surface area contributed by atoms with Gasteiger partial charge in [-0.1, -0.05) is 12.1 Å². The Balaban J connectivity index is 1.65. The van der Waals surface area contributed by atoms with E-state index in [-0.39, 0.29) is 18.2 Å². The number of hydrogen-bond donors (Lipinski definition) is 2. The molecule has 0 spiro atoms. The van der Waals surface area contributed by atoms with E-state index in [0.29, 0.717) is 44.6 Å². The van der Waals surface area contributed by atoms with Crippen LogP contribution >= 0.6 is 0 Å². The molecule has 2 aliphatic heterocycles. The lowest BCUT2D eigenvalue weighted by atomic mass is 9.86. The molecule has 2 N–H and O–H groups in total. The van der Waals surface area contributed by atoms with Crippen LogP contribution in [0.1, 0.15) is 48.0 Å². The molecule has 0 unspecified atom stereocenters. The number of benzene rings is 1. The Kier molecular flexibility index (Phi) is 5.56. The van der Waals surface area contributed by atoms with Crippen LogP contribution in [-0.4, -0.2) is 53.1 Å². The molecule has 1 aromatic carbocycles. The molecule has 1 aromatic rings. The Hall–Kier alpha value is -2.41. The number of aliphatic carboxylic acids is 1. The number of ether oxygens (including phenoxy) is 1. The standard InChI is InChI=1S/C19H24N2O5/c22-16-2-1-9-21(16)13-14-3-5-15(6-4-14)18(25)20-19(12-17(23)24)7-10-26-11-8-19/h3-6H,1-2,7-13H2,(H,20,25)(H,23,24). The molecule has 0 saturated carbocycles. The second-order valence-electron chi connectivity index (χ2n) is 7.03. The van der Waals surface area contributed by atoms with E-state index in [9.17, 15) is 19.5 Å². The molecule has 0 aromatic heterocycles. The number of nitrogens with one attached hydrogen (secondary N) is 1. The molecule has 26 heavy (non-hydrogen) atoms. The first-order valence-electron chi connectivity index (χ1n) is 8.96. The van der Waals surface area contributed by atoms with E-state index in [1.807, 2.05) is 17.0 Å². The van der Waals surface area contributed by atoms with Gasteiger partial charge in [0.05, 0.1) is 12.0 Å². The first-order valence-corrected chi connectivity index (χ1v) is 8.96. The molecule has 0 atom stereocenters. The summed E-state index contributed by atoms with van der Waals surface area (Å²) in [5.41, 5.74) is 0.697. The quantitative estimate of drug-likeness (QED) is 0.803. The van der Waals surface area contributed by atoms with Crippen LogP contribution in [0.2, 0.25) is 0 Å². The van der Waals surface area contributed by atoms with Crippen molar-refractivity contribution in [2.24, 2.45) is 0 Å². The molecule has 0 radical (unpaired) electrons. The van der Waals surface area contributed by atoms with E-state index in [1.54, 1.807) is 12.1 Å². The van der Waals surface area contributed by atoms with Crippen molar-refractivity contribution in [3.63, 3.8) is 0 Å². The third kappa shape index (κ3) is 4.40. The molecule has 140 valence electrons. The lowest BCUT2D eigenvalue weighted by molar-refractivity contribution is -0.139. The molecular formula is C19H24N2O5. The van der Waals surface area contributed by atoms with Crippen LogP contribution in [0.4, 0.5) is 0 Å². The van der Waals surface area contributed by atoms with E-state index in [4.69, 9.17) is 4.74 Å². The van der Waals surface area contributed by atoms with Crippen molar-refractivity contribution in [2.45, 2.75) is 44.2 Å². The Morgan fingerprint density at radius 1 is 1.19 bits per heavy atom. The summed E-state index contributed by atoms with van der Waals surface area (Å²) in [5.74, 6) is -1.04. The maximum atomic E-state index is 12.6. The third-order valence-electron chi connectivity index (χ3n) is 5.08. The number of carboxylic acid groups (broad SMARTS) is 1. The highest BCUT2D eigenvalue weighted by Crippen LogP contribution is 2.25. The van der Waals surface area contributed by atoms with Crippen LogP contribution in [0.3, 0.4) is 0 Å². The highest BCUT2D eigenvalue weighted by molar-refractivity contribution is 5.95. The third-order valence-corrected chi connectivity index (χ3v) is 5.08. The lowest BCUT2D eigenvalue weighted by Crippen LogP contribution is -2.53. The molecule has 7 heteroatoms. The van der Waals surface area contributed by atoms with E-state index in [1.165, 1.54) is 0 Å². The van der Waals surface area contributed by atoms with E-state index < -0.39 is 11.5 Å². The topological polar surface area (TPSA) is 95.9 Å². The highest BCUT2D eigenvalue weighted by atomic mass is 16.5. The van der Waals surface area contributed by atoms with Crippen LogP contribution in [0.5, 0.6) is 0 Å². The summed E-state index contributed by atoms with van der Waals surface area (Å²) in [7, 11) is 0. The van der Waals surface area contributed by atoms with Crippen LogP contribution in [0.15, 0.2) is 24.3 Å². The van der Waals surface area contributed by atoms with Crippen LogP contribution in [-0.2, 0) is 20.9 Å². The van der Waals surface area contributed by atoms with Gasteiger partial charge in [-0.15, -0.1) is 0 Å². The molecule has 7 nitrogen and oxygen atoms in total. The van der Waals surface area contributed by atoms with Gasteiger partial charge in [0.2, 0.25) is 5.91 Å². The minimum absolute atomic E-state index is 0.114. The van der Waals surface area contributed by atoms with Crippen molar-refractivity contribution in [3.05, 3.63) is 35.4 Å². The SMILES string of the molecule is O=C(O)CC1(NC(=O)c2ccc(CN3CCCC3=O)cc2)CCOCC1. The number of hydrogen-bond acceptors (Lipinski definition) is 4. The number of amides is 2. The maximum absolute atomic E-state index is 12.6. The molecule has 2 amide bonds. The largest absolute Gasteiger partial charge is 0.481 e. The number of rotatable bonds is 6. The van der Waals surface area contributed by atoms with E-state index in [0.717, 1.165) is 18.5 Å². The monoisotopic (exact) mass is 360 g/mol. The summed E-state index contributed by atoms with van der Waals surface area (Å²) in [5, 5.41) is 12.1. The minimum Gasteiger partial charge on any atom is -0.481 e. The molecule has 2 saturated heterocycles. The van der Waals surface area contributed by atoms with Crippen molar-refractivity contribution in [3.8, 4) is 0 Å². The maximum Gasteiger partial charge on any atom is 0.305 e. The Labute approximate surface area is 152 Å². The highest BCUT2D eigenvalue weighted by Gasteiger charge is 2.36. The minimum atomic E-state index is -0.933. The fourth-order valence-electron chi connectivity index (χ4n) is 3.56. The summed E-state index contributed by atoms with van der Waals surface area (Å²) >= 11 is 0. The summed E-state index contributed by atoms with van der Waals surface area (Å²) < 4.78 is 5.30. The summed E-state index contributed by atoms with van der Waals surface area (Å²) in [6.45, 7) is 2.22. The van der Waals surface area contributed by atoms with Gasteiger partial charge < -0.3 is 20.1 Å². The normalized spacial score (nSPS) is 19.4. The van der Waals surface area contributed by atoms with Crippen LogP contribution < -0.4 is 5.32 Å². The first kappa shape index (κ1) is 18.4. The molecular weight excluding hydrogens is 336 g/mol. The van der Waals surface area contributed by atoms with Crippen molar-refractivity contribution in [1.82, 2.24) is 10.2 Å². The number of carbonyl (C=O) groups excluding carboxylic acids is 2. The zero-order chi connectivity index (χ0) is 18.6. The van der Waals surface area contributed by atoms with E-state index in [2.05, 4.69) is 5.32 Å². The molecule has 0 aliphatic carbocycles. The average molecular weight is 360 g/mol. The van der Waals surface area contributed by atoms with Gasteiger partial charge in [0, 0.05) is 38.3 Å². The molecule has 2 heterocycles. The fourth-order valence-corrected chi connectivity index (χ4v) is 3.56. The smallest absolute Gasteiger partial charge is 0.305 e. The summed E-state index contributed by atoms with van der Waals surface area (Å²) in [6, 6.07) is 7.13. The van der Waals surface area contributed by atoms with Crippen LogP contribution in [0.25, 0.3) is 0 Å². The Bertz CT molecular complexity index is 680. The van der Waals surface area contributed by atoms with Crippen LogP contribution in [0, 0.1) is 0 Å². The number of nitrogens with zero attached hydrogens (tertiary/aromatic N) is 1. The fraction of sp³-hybridized carbons (Fsp3) is 0.526. The van der Waals surface area contributed by atoms with Crippen molar-refractivity contribution >= 4 is 17.8 Å².